The summed E-state index contributed by atoms with van der Waals surface area (Å²) >= 11 is 0. The van der Waals surface area contributed by atoms with E-state index in [0.717, 1.165) is 12.8 Å². The predicted octanol–water partition coefficient (Wildman–Crippen LogP) is 2.09. The number of amides is 3. The first-order chi connectivity index (χ1) is 11.8. The summed E-state index contributed by atoms with van der Waals surface area (Å²) in [6, 6.07) is 3.70. The third-order valence-electron chi connectivity index (χ3n) is 4.47. The van der Waals surface area contributed by atoms with Crippen molar-refractivity contribution in [2.24, 2.45) is 0 Å². The van der Waals surface area contributed by atoms with E-state index in [9.17, 15) is 9.59 Å². The van der Waals surface area contributed by atoms with Gasteiger partial charge in [-0.2, -0.15) is 0 Å². The van der Waals surface area contributed by atoms with Crippen LogP contribution in [-0.2, 0) is 0 Å². The maximum absolute atomic E-state index is 12.3. The molecule has 25 heavy (non-hydrogen) atoms. The Morgan fingerprint density at radius 3 is 2.32 bits per heavy atom. The zero-order valence-electron chi connectivity index (χ0n) is 15.7. The smallest absolute Gasteiger partial charge is 0.319 e. The second-order valence-corrected chi connectivity index (χ2v) is 6.88. The molecule has 1 saturated heterocycles. The molecule has 0 aliphatic carbocycles. The van der Waals surface area contributed by atoms with E-state index >= 15 is 0 Å². The van der Waals surface area contributed by atoms with Gasteiger partial charge < -0.3 is 19.4 Å². The van der Waals surface area contributed by atoms with E-state index in [2.05, 4.69) is 4.98 Å². The van der Waals surface area contributed by atoms with Crippen LogP contribution in [0.25, 0.3) is 0 Å². The SMILES string of the molecule is CC(C)N(C)C(=O)N1CCC(Oc2ccc(C(=O)N(C)C)cn2)CC1. The highest BCUT2D eigenvalue weighted by molar-refractivity contribution is 5.93. The van der Waals surface area contributed by atoms with Crippen molar-refractivity contribution >= 4 is 11.9 Å². The van der Waals surface area contributed by atoms with Crippen LogP contribution >= 0.6 is 0 Å². The molecule has 0 unspecified atom stereocenters. The number of hydrogen-bond acceptors (Lipinski definition) is 4. The van der Waals surface area contributed by atoms with Crippen LogP contribution < -0.4 is 4.74 Å². The van der Waals surface area contributed by atoms with Gasteiger partial charge in [0.05, 0.1) is 5.56 Å². The molecule has 7 heteroatoms. The highest BCUT2D eigenvalue weighted by atomic mass is 16.5. The summed E-state index contributed by atoms with van der Waals surface area (Å²) in [5.74, 6) is 0.430. The number of rotatable bonds is 4. The maximum atomic E-state index is 12.3. The van der Waals surface area contributed by atoms with E-state index in [4.69, 9.17) is 4.74 Å². The highest BCUT2D eigenvalue weighted by Crippen LogP contribution is 2.19. The third-order valence-corrected chi connectivity index (χ3v) is 4.47. The molecule has 3 amide bonds. The fourth-order valence-electron chi connectivity index (χ4n) is 2.61. The van der Waals surface area contributed by atoms with Gasteiger partial charge in [0.15, 0.2) is 0 Å². The zero-order valence-corrected chi connectivity index (χ0v) is 15.7. The Kier molecular flexibility index (Phi) is 6.22. The summed E-state index contributed by atoms with van der Waals surface area (Å²) in [6.45, 7) is 5.36. The molecule has 1 fully saturated rings. The van der Waals surface area contributed by atoms with Crippen molar-refractivity contribution < 1.29 is 14.3 Å². The molecule has 2 rings (SSSR count). The van der Waals surface area contributed by atoms with E-state index in [1.54, 1.807) is 31.1 Å². The summed E-state index contributed by atoms with van der Waals surface area (Å²) in [5.41, 5.74) is 0.537. The van der Waals surface area contributed by atoms with Gasteiger partial charge in [-0.05, 0) is 19.9 Å². The number of likely N-dealkylation sites (tertiary alicyclic amines) is 1. The average Bonchev–Trinajstić information content (AvgIpc) is 2.61. The Morgan fingerprint density at radius 1 is 1.20 bits per heavy atom. The summed E-state index contributed by atoms with van der Waals surface area (Å²) in [5, 5.41) is 0. The van der Waals surface area contributed by atoms with Crippen LogP contribution in [0, 0.1) is 0 Å². The van der Waals surface area contributed by atoms with Crippen molar-refractivity contribution in [2.45, 2.75) is 38.8 Å². The first kappa shape index (κ1) is 19.0. The number of nitrogens with zero attached hydrogens (tertiary/aromatic N) is 4. The Hall–Kier alpha value is -2.31. The predicted molar refractivity (Wildman–Crippen MR) is 95.8 cm³/mol. The molecular weight excluding hydrogens is 320 g/mol. The van der Waals surface area contributed by atoms with Gasteiger partial charge in [0.2, 0.25) is 5.88 Å². The molecule has 2 heterocycles. The van der Waals surface area contributed by atoms with E-state index in [0.29, 0.717) is 24.5 Å². The van der Waals surface area contributed by atoms with Gasteiger partial charge in [-0.25, -0.2) is 9.78 Å². The molecule has 7 nitrogen and oxygen atoms in total. The highest BCUT2D eigenvalue weighted by Gasteiger charge is 2.26. The Morgan fingerprint density at radius 2 is 1.84 bits per heavy atom. The van der Waals surface area contributed by atoms with Crippen molar-refractivity contribution in [2.75, 3.05) is 34.2 Å². The van der Waals surface area contributed by atoms with Crippen LogP contribution in [0.2, 0.25) is 0 Å². The van der Waals surface area contributed by atoms with Crippen molar-refractivity contribution in [1.29, 1.82) is 0 Å². The molecule has 1 aromatic rings. The number of hydrogen-bond donors (Lipinski definition) is 0. The number of ether oxygens (including phenoxy) is 1. The molecule has 138 valence electrons. The van der Waals surface area contributed by atoms with Gasteiger partial charge >= 0.3 is 6.03 Å². The Labute approximate surface area is 149 Å². The van der Waals surface area contributed by atoms with Crippen LogP contribution in [0.1, 0.15) is 37.0 Å². The Bertz CT molecular complexity index is 593. The fourth-order valence-corrected chi connectivity index (χ4v) is 2.61. The van der Waals surface area contributed by atoms with Crippen molar-refractivity contribution in [1.82, 2.24) is 19.7 Å². The fraction of sp³-hybridized carbons (Fsp3) is 0.611. The second-order valence-electron chi connectivity index (χ2n) is 6.88. The van der Waals surface area contributed by atoms with Crippen molar-refractivity contribution in [3.05, 3.63) is 23.9 Å². The lowest BCUT2D eigenvalue weighted by Gasteiger charge is -2.35. The summed E-state index contributed by atoms with van der Waals surface area (Å²) in [7, 11) is 5.24. The molecule has 0 spiro atoms. The molecule has 1 aliphatic heterocycles. The Balaban J connectivity index is 1.86. The molecule has 0 radical (unpaired) electrons. The van der Waals surface area contributed by atoms with Gasteiger partial charge in [-0.15, -0.1) is 0 Å². The minimum absolute atomic E-state index is 0.0382. The van der Waals surface area contributed by atoms with Crippen molar-refractivity contribution in [3.63, 3.8) is 0 Å². The van der Waals surface area contributed by atoms with E-state index in [1.165, 1.54) is 11.1 Å². The van der Waals surface area contributed by atoms with Crippen LogP contribution in [-0.4, -0.2) is 78.0 Å². The van der Waals surface area contributed by atoms with E-state index < -0.39 is 0 Å². The number of piperidine rings is 1. The minimum atomic E-state index is -0.0832. The van der Waals surface area contributed by atoms with Gasteiger partial charge in [0.25, 0.3) is 5.91 Å². The van der Waals surface area contributed by atoms with Crippen LogP contribution in [0.5, 0.6) is 5.88 Å². The lowest BCUT2D eigenvalue weighted by molar-refractivity contribution is 0.0826. The summed E-state index contributed by atoms with van der Waals surface area (Å²) in [4.78, 5) is 33.5. The standard InChI is InChI=1S/C18H28N4O3/c1-13(2)21(5)18(24)22-10-8-15(9-11-22)25-16-7-6-14(12-19-16)17(23)20(3)4/h6-7,12-13,15H,8-11H2,1-5H3. The zero-order chi connectivity index (χ0) is 18.6. The molecule has 0 aromatic carbocycles. The lowest BCUT2D eigenvalue weighted by Crippen LogP contribution is -2.48. The van der Waals surface area contributed by atoms with Crippen LogP contribution in [0.4, 0.5) is 4.79 Å². The molecule has 1 aliphatic rings. The van der Waals surface area contributed by atoms with E-state index in [-0.39, 0.29) is 24.1 Å². The largest absolute Gasteiger partial charge is 0.474 e. The molecule has 0 bridgehead atoms. The lowest BCUT2D eigenvalue weighted by atomic mass is 10.1. The minimum Gasteiger partial charge on any atom is -0.474 e. The second kappa shape index (κ2) is 8.18. The average molecular weight is 348 g/mol. The monoisotopic (exact) mass is 348 g/mol. The molecule has 0 atom stereocenters. The number of carbonyl (C=O) groups excluding carboxylic acids is 2. The normalized spacial score (nSPS) is 15.2. The first-order valence-electron chi connectivity index (χ1n) is 8.65. The van der Waals surface area contributed by atoms with Crippen LogP contribution in [0.3, 0.4) is 0 Å². The van der Waals surface area contributed by atoms with Gasteiger partial charge in [-0.1, -0.05) is 0 Å². The first-order valence-corrected chi connectivity index (χ1v) is 8.65. The summed E-state index contributed by atoms with van der Waals surface area (Å²) in [6.07, 6.45) is 3.12. The van der Waals surface area contributed by atoms with Gasteiger partial charge in [0, 0.05) is 65.4 Å². The molecule has 0 N–H and O–H groups in total. The van der Waals surface area contributed by atoms with Crippen molar-refractivity contribution in [3.8, 4) is 5.88 Å². The maximum Gasteiger partial charge on any atom is 0.319 e. The quantitative estimate of drug-likeness (QED) is 0.836. The van der Waals surface area contributed by atoms with Gasteiger partial charge in [-0.3, -0.25) is 4.79 Å². The molecule has 0 saturated carbocycles. The third kappa shape index (κ3) is 4.84. The number of carbonyl (C=O) groups is 2. The molecular formula is C18H28N4O3. The summed E-state index contributed by atoms with van der Waals surface area (Å²) < 4.78 is 5.90. The molecule has 1 aromatic heterocycles. The number of urea groups is 1. The van der Waals surface area contributed by atoms with Crippen LogP contribution in [0.15, 0.2) is 18.3 Å². The number of aromatic nitrogens is 1. The topological polar surface area (TPSA) is 66.0 Å². The van der Waals surface area contributed by atoms with Gasteiger partial charge in [0.1, 0.15) is 6.10 Å². The number of pyridine rings is 1. The van der Waals surface area contributed by atoms with E-state index in [1.807, 2.05) is 25.8 Å².